The van der Waals surface area contributed by atoms with Gasteiger partial charge in [-0.1, -0.05) is 6.07 Å². The van der Waals surface area contributed by atoms with Crippen LogP contribution in [-0.2, 0) is 0 Å². The van der Waals surface area contributed by atoms with E-state index in [1.807, 2.05) is 25.1 Å². The third-order valence-electron chi connectivity index (χ3n) is 2.99. The van der Waals surface area contributed by atoms with Crippen LogP contribution in [0.5, 0.6) is 0 Å². The fraction of sp³-hybridized carbons (Fsp3) is 0.462. The maximum Gasteiger partial charge on any atom is 0.101 e. The van der Waals surface area contributed by atoms with E-state index in [1.54, 1.807) is 0 Å². The first kappa shape index (κ1) is 11.0. The number of piperidine rings is 1. The van der Waals surface area contributed by atoms with Crippen molar-refractivity contribution in [3.63, 3.8) is 0 Å². The first-order chi connectivity index (χ1) is 7.79. The summed E-state index contributed by atoms with van der Waals surface area (Å²) in [4.78, 5) is 0. The third kappa shape index (κ3) is 2.53. The monoisotopic (exact) mass is 215 g/mol. The molecule has 0 aliphatic carbocycles. The molecule has 1 heterocycles. The topological polar surface area (TPSA) is 47.8 Å². The lowest BCUT2D eigenvalue weighted by atomic mass is 10.0. The van der Waals surface area contributed by atoms with Crippen molar-refractivity contribution in [3.8, 4) is 6.07 Å². The molecule has 0 amide bonds. The lowest BCUT2D eigenvalue weighted by molar-refractivity contribution is 0.479. The molecule has 3 nitrogen and oxygen atoms in total. The highest BCUT2D eigenvalue weighted by molar-refractivity contribution is 5.59. The number of nitrogens with zero attached hydrogens (tertiary/aromatic N) is 1. The number of hydrogen-bond donors (Lipinski definition) is 2. The molecule has 0 atom stereocenters. The quantitative estimate of drug-likeness (QED) is 0.793. The molecule has 0 radical (unpaired) electrons. The summed E-state index contributed by atoms with van der Waals surface area (Å²) >= 11 is 0. The van der Waals surface area contributed by atoms with E-state index in [0.717, 1.165) is 42.7 Å². The summed E-state index contributed by atoms with van der Waals surface area (Å²) in [6.07, 6.45) is 2.25. The van der Waals surface area contributed by atoms with Crippen molar-refractivity contribution in [2.45, 2.75) is 25.8 Å². The molecule has 1 saturated heterocycles. The first-order valence-corrected chi connectivity index (χ1v) is 5.77. The molecule has 2 N–H and O–H groups in total. The van der Waals surface area contributed by atoms with Gasteiger partial charge >= 0.3 is 0 Å². The van der Waals surface area contributed by atoms with Crippen LogP contribution < -0.4 is 10.6 Å². The molecule has 1 aromatic rings. The van der Waals surface area contributed by atoms with E-state index in [9.17, 15) is 0 Å². The van der Waals surface area contributed by atoms with Crippen LogP contribution in [0.1, 0.15) is 24.0 Å². The summed E-state index contributed by atoms with van der Waals surface area (Å²) < 4.78 is 0. The zero-order chi connectivity index (χ0) is 11.4. The Balaban J connectivity index is 2.11. The summed E-state index contributed by atoms with van der Waals surface area (Å²) in [6.45, 7) is 4.13. The summed E-state index contributed by atoms with van der Waals surface area (Å²) in [7, 11) is 0. The highest BCUT2D eigenvalue weighted by Gasteiger charge is 2.13. The van der Waals surface area contributed by atoms with E-state index >= 15 is 0 Å². The van der Waals surface area contributed by atoms with Gasteiger partial charge in [-0.3, -0.25) is 0 Å². The predicted octanol–water partition coefficient (Wildman–Crippen LogP) is 2.03. The SMILES string of the molecule is Cc1ccc(NC2CCNCC2)c(C#N)c1. The van der Waals surface area contributed by atoms with Crippen LogP contribution in [0.3, 0.4) is 0 Å². The Labute approximate surface area is 96.5 Å². The van der Waals surface area contributed by atoms with Crippen LogP contribution in [0.25, 0.3) is 0 Å². The van der Waals surface area contributed by atoms with Gasteiger partial charge in [0.05, 0.1) is 11.3 Å². The number of anilines is 1. The molecule has 0 bridgehead atoms. The number of rotatable bonds is 2. The van der Waals surface area contributed by atoms with Crippen LogP contribution in [-0.4, -0.2) is 19.1 Å². The molecular weight excluding hydrogens is 198 g/mol. The second-order valence-corrected chi connectivity index (χ2v) is 4.33. The molecule has 3 heteroatoms. The van der Waals surface area contributed by atoms with E-state index in [2.05, 4.69) is 16.7 Å². The Morgan fingerprint density at radius 1 is 1.38 bits per heavy atom. The van der Waals surface area contributed by atoms with E-state index in [0.29, 0.717) is 6.04 Å². The van der Waals surface area contributed by atoms with Gasteiger partial charge in [0.1, 0.15) is 6.07 Å². The number of aryl methyl sites for hydroxylation is 1. The Hall–Kier alpha value is -1.53. The Morgan fingerprint density at radius 2 is 2.12 bits per heavy atom. The number of nitriles is 1. The van der Waals surface area contributed by atoms with E-state index in [-0.39, 0.29) is 0 Å². The minimum Gasteiger partial charge on any atom is -0.381 e. The zero-order valence-corrected chi connectivity index (χ0v) is 9.59. The van der Waals surface area contributed by atoms with Gasteiger partial charge in [0.2, 0.25) is 0 Å². The molecule has 84 valence electrons. The second-order valence-electron chi connectivity index (χ2n) is 4.33. The largest absolute Gasteiger partial charge is 0.381 e. The summed E-state index contributed by atoms with van der Waals surface area (Å²) in [5.74, 6) is 0. The van der Waals surface area contributed by atoms with Crippen molar-refractivity contribution in [1.82, 2.24) is 5.32 Å². The maximum atomic E-state index is 9.07. The lowest BCUT2D eigenvalue weighted by Crippen LogP contribution is -2.35. The lowest BCUT2D eigenvalue weighted by Gasteiger charge is -2.25. The molecule has 16 heavy (non-hydrogen) atoms. The van der Waals surface area contributed by atoms with Gasteiger partial charge in [-0.2, -0.15) is 5.26 Å². The van der Waals surface area contributed by atoms with Crippen LogP contribution in [0, 0.1) is 18.3 Å². The van der Waals surface area contributed by atoms with Crippen LogP contribution in [0.4, 0.5) is 5.69 Å². The molecule has 0 saturated carbocycles. The average Bonchev–Trinajstić information content (AvgIpc) is 2.33. The van der Waals surface area contributed by atoms with Crippen molar-refractivity contribution < 1.29 is 0 Å². The van der Waals surface area contributed by atoms with Gasteiger partial charge in [0.15, 0.2) is 0 Å². The fourth-order valence-corrected chi connectivity index (χ4v) is 2.06. The first-order valence-electron chi connectivity index (χ1n) is 5.77. The molecular formula is C13H17N3. The molecule has 1 fully saturated rings. The number of benzene rings is 1. The Bertz CT molecular complexity index is 400. The molecule has 0 spiro atoms. The minimum atomic E-state index is 0.496. The van der Waals surface area contributed by atoms with Gasteiger partial charge in [-0.05, 0) is 50.6 Å². The van der Waals surface area contributed by atoms with Gasteiger partial charge in [-0.25, -0.2) is 0 Å². The van der Waals surface area contributed by atoms with Crippen molar-refractivity contribution in [1.29, 1.82) is 5.26 Å². The normalized spacial score (nSPS) is 16.8. The molecule has 0 aromatic heterocycles. The predicted molar refractivity (Wildman–Crippen MR) is 65.4 cm³/mol. The van der Waals surface area contributed by atoms with Gasteiger partial charge in [0.25, 0.3) is 0 Å². The van der Waals surface area contributed by atoms with Gasteiger partial charge < -0.3 is 10.6 Å². The summed E-state index contributed by atoms with van der Waals surface area (Å²) in [5, 5.41) is 15.9. The van der Waals surface area contributed by atoms with Crippen LogP contribution in [0.2, 0.25) is 0 Å². The van der Waals surface area contributed by atoms with Crippen LogP contribution >= 0.6 is 0 Å². The number of hydrogen-bond acceptors (Lipinski definition) is 3. The smallest absolute Gasteiger partial charge is 0.101 e. The summed E-state index contributed by atoms with van der Waals surface area (Å²) in [5.41, 5.74) is 2.85. The number of nitrogens with one attached hydrogen (secondary N) is 2. The summed E-state index contributed by atoms with van der Waals surface area (Å²) in [6, 6.07) is 8.73. The van der Waals surface area contributed by atoms with Crippen molar-refractivity contribution in [2.75, 3.05) is 18.4 Å². The van der Waals surface area contributed by atoms with Gasteiger partial charge in [0, 0.05) is 6.04 Å². The van der Waals surface area contributed by atoms with Crippen molar-refractivity contribution in [2.24, 2.45) is 0 Å². The molecule has 1 aliphatic heterocycles. The molecule has 1 aromatic carbocycles. The van der Waals surface area contributed by atoms with Crippen molar-refractivity contribution in [3.05, 3.63) is 29.3 Å². The highest BCUT2D eigenvalue weighted by Crippen LogP contribution is 2.19. The molecule has 1 aliphatic rings. The molecule has 0 unspecified atom stereocenters. The maximum absolute atomic E-state index is 9.07. The standard InChI is InChI=1S/C13H17N3/c1-10-2-3-13(11(8-10)9-14)16-12-4-6-15-7-5-12/h2-3,8,12,15-16H,4-7H2,1H3. The van der Waals surface area contributed by atoms with Gasteiger partial charge in [-0.15, -0.1) is 0 Å². The minimum absolute atomic E-state index is 0.496. The Kier molecular flexibility index (Phi) is 3.43. The third-order valence-corrected chi connectivity index (χ3v) is 2.99. The fourth-order valence-electron chi connectivity index (χ4n) is 2.06. The van der Waals surface area contributed by atoms with E-state index < -0.39 is 0 Å². The Morgan fingerprint density at radius 3 is 2.81 bits per heavy atom. The van der Waals surface area contributed by atoms with E-state index in [4.69, 9.17) is 5.26 Å². The highest BCUT2D eigenvalue weighted by atomic mass is 15.0. The second kappa shape index (κ2) is 5.00. The average molecular weight is 215 g/mol. The molecule has 2 rings (SSSR count). The van der Waals surface area contributed by atoms with E-state index in [1.165, 1.54) is 0 Å². The van der Waals surface area contributed by atoms with Crippen LogP contribution in [0.15, 0.2) is 18.2 Å². The zero-order valence-electron chi connectivity index (χ0n) is 9.59. The van der Waals surface area contributed by atoms with Crippen molar-refractivity contribution >= 4 is 5.69 Å².